The molecule has 0 bridgehead atoms. The van der Waals surface area contributed by atoms with Crippen LogP contribution < -0.4 is 5.32 Å². The molecule has 0 aliphatic rings. The highest BCUT2D eigenvalue weighted by atomic mass is 32.1. The van der Waals surface area contributed by atoms with E-state index in [1.165, 1.54) is 5.38 Å². The topological polar surface area (TPSA) is 92.2 Å². The number of aliphatic carboxylic acids is 1. The van der Waals surface area contributed by atoms with Crippen LogP contribution in [-0.4, -0.2) is 32.6 Å². The Labute approximate surface area is 96.8 Å². The minimum absolute atomic E-state index is 0.160. The van der Waals surface area contributed by atoms with Gasteiger partial charge in [0.1, 0.15) is 6.04 Å². The van der Waals surface area contributed by atoms with E-state index in [1.54, 1.807) is 0 Å². The molecular weight excluding hydrogens is 230 g/mol. The van der Waals surface area contributed by atoms with Gasteiger partial charge in [-0.1, -0.05) is 24.3 Å². The zero-order valence-electron chi connectivity index (χ0n) is 8.84. The second kappa shape index (κ2) is 6.16. The first-order valence-corrected chi connectivity index (χ1v) is 5.79. The zero-order valence-corrected chi connectivity index (χ0v) is 9.66. The van der Waals surface area contributed by atoms with Crippen molar-refractivity contribution in [2.24, 2.45) is 0 Å². The van der Waals surface area contributed by atoms with Crippen LogP contribution in [0.25, 0.3) is 0 Å². The molecule has 0 spiro atoms. The number of carboxylic acids is 1. The maximum atomic E-state index is 11.5. The summed E-state index contributed by atoms with van der Waals surface area (Å²) in [5, 5.41) is 16.4. The van der Waals surface area contributed by atoms with Gasteiger partial charge >= 0.3 is 5.97 Å². The van der Waals surface area contributed by atoms with Crippen molar-refractivity contribution in [1.82, 2.24) is 14.9 Å². The lowest BCUT2D eigenvalue weighted by molar-refractivity contribution is -0.139. The van der Waals surface area contributed by atoms with Gasteiger partial charge in [0.05, 0.1) is 0 Å². The van der Waals surface area contributed by atoms with Gasteiger partial charge in [0.15, 0.2) is 5.69 Å². The third kappa shape index (κ3) is 3.58. The molecular formula is C9H13N3O3S. The quantitative estimate of drug-likeness (QED) is 0.774. The molecule has 1 atom stereocenters. The lowest BCUT2D eigenvalue weighted by Gasteiger charge is -2.12. The molecule has 0 radical (unpaired) electrons. The minimum atomic E-state index is -1.02. The number of nitrogens with zero attached hydrogens (tertiary/aromatic N) is 2. The van der Waals surface area contributed by atoms with E-state index >= 15 is 0 Å². The van der Waals surface area contributed by atoms with E-state index in [9.17, 15) is 9.59 Å². The second-order valence-electron chi connectivity index (χ2n) is 3.30. The van der Waals surface area contributed by atoms with E-state index in [0.29, 0.717) is 6.42 Å². The molecule has 2 N–H and O–H groups in total. The Balaban J connectivity index is 2.54. The van der Waals surface area contributed by atoms with Gasteiger partial charge in [0.25, 0.3) is 5.91 Å². The minimum Gasteiger partial charge on any atom is -0.480 e. The number of amides is 1. The molecule has 0 aliphatic carbocycles. The summed E-state index contributed by atoms with van der Waals surface area (Å²) in [6, 6.07) is -0.853. The first kappa shape index (κ1) is 12.6. The van der Waals surface area contributed by atoms with Crippen molar-refractivity contribution in [1.29, 1.82) is 0 Å². The van der Waals surface area contributed by atoms with Gasteiger partial charge in [-0.15, -0.1) is 5.10 Å². The van der Waals surface area contributed by atoms with E-state index in [0.717, 1.165) is 24.4 Å². The Bertz CT molecular complexity index is 353. The molecule has 6 nitrogen and oxygen atoms in total. The molecule has 1 aromatic heterocycles. The van der Waals surface area contributed by atoms with Gasteiger partial charge < -0.3 is 10.4 Å². The highest BCUT2D eigenvalue weighted by Crippen LogP contribution is 2.03. The Morgan fingerprint density at radius 3 is 2.88 bits per heavy atom. The van der Waals surface area contributed by atoms with Crippen LogP contribution in [0.3, 0.4) is 0 Å². The van der Waals surface area contributed by atoms with Crippen molar-refractivity contribution < 1.29 is 14.7 Å². The van der Waals surface area contributed by atoms with E-state index in [1.807, 2.05) is 6.92 Å². The average Bonchev–Trinajstić information content (AvgIpc) is 2.76. The maximum Gasteiger partial charge on any atom is 0.326 e. The molecule has 0 aromatic carbocycles. The van der Waals surface area contributed by atoms with Crippen molar-refractivity contribution in [2.45, 2.75) is 32.2 Å². The van der Waals surface area contributed by atoms with E-state index in [2.05, 4.69) is 14.9 Å². The fraction of sp³-hybridized carbons (Fsp3) is 0.556. The summed E-state index contributed by atoms with van der Waals surface area (Å²) in [4.78, 5) is 22.4. The van der Waals surface area contributed by atoms with E-state index in [4.69, 9.17) is 5.11 Å². The summed E-state index contributed by atoms with van der Waals surface area (Å²) in [6.45, 7) is 1.96. The van der Waals surface area contributed by atoms with Crippen LogP contribution in [0.5, 0.6) is 0 Å². The lowest BCUT2D eigenvalue weighted by Crippen LogP contribution is -2.40. The first-order valence-electron chi connectivity index (χ1n) is 4.96. The van der Waals surface area contributed by atoms with Crippen LogP contribution in [-0.2, 0) is 4.79 Å². The number of carboxylic acid groups (broad SMARTS) is 1. The van der Waals surface area contributed by atoms with Crippen molar-refractivity contribution in [3.8, 4) is 0 Å². The summed E-state index contributed by atoms with van der Waals surface area (Å²) < 4.78 is 3.54. The number of unbranched alkanes of at least 4 members (excludes halogenated alkanes) is 1. The molecule has 0 saturated heterocycles. The number of nitrogens with one attached hydrogen (secondary N) is 1. The van der Waals surface area contributed by atoms with Crippen molar-refractivity contribution in [3.05, 3.63) is 11.1 Å². The molecule has 1 heterocycles. The normalized spacial score (nSPS) is 12.1. The predicted octanol–water partition coefficient (Wildman–Crippen LogP) is 0.911. The summed E-state index contributed by atoms with van der Waals surface area (Å²) >= 11 is 1.05. The van der Waals surface area contributed by atoms with Gasteiger partial charge in [-0.3, -0.25) is 4.79 Å². The van der Waals surface area contributed by atoms with Crippen molar-refractivity contribution in [3.63, 3.8) is 0 Å². The van der Waals surface area contributed by atoms with E-state index < -0.39 is 17.9 Å². The number of rotatable bonds is 6. The molecule has 1 rings (SSSR count). The lowest BCUT2D eigenvalue weighted by atomic mass is 10.1. The Kier molecular flexibility index (Phi) is 4.84. The summed E-state index contributed by atoms with van der Waals surface area (Å²) in [5.41, 5.74) is 0.160. The number of hydrogen-bond donors (Lipinski definition) is 2. The number of aromatic nitrogens is 2. The predicted molar refractivity (Wildman–Crippen MR) is 58.3 cm³/mol. The fourth-order valence-electron chi connectivity index (χ4n) is 1.16. The standard InChI is InChI=1S/C9H13N3O3S/c1-2-3-4-6(9(14)15)10-8(13)7-5-16-12-11-7/h5-6H,2-4H2,1H3,(H,10,13)(H,14,15)/t6-/m0/s1. The Morgan fingerprint density at radius 1 is 1.62 bits per heavy atom. The largest absolute Gasteiger partial charge is 0.480 e. The highest BCUT2D eigenvalue weighted by molar-refractivity contribution is 7.03. The van der Waals surface area contributed by atoms with Crippen LogP contribution in [0, 0.1) is 0 Å². The molecule has 16 heavy (non-hydrogen) atoms. The number of carbonyl (C=O) groups excluding carboxylic acids is 1. The van der Waals surface area contributed by atoms with E-state index in [-0.39, 0.29) is 5.69 Å². The molecule has 7 heteroatoms. The van der Waals surface area contributed by atoms with Gasteiger partial charge in [-0.05, 0) is 18.0 Å². The van der Waals surface area contributed by atoms with Crippen LogP contribution >= 0.6 is 11.5 Å². The first-order chi connectivity index (χ1) is 7.65. The van der Waals surface area contributed by atoms with Crippen LogP contribution in [0.2, 0.25) is 0 Å². The molecule has 0 unspecified atom stereocenters. The number of hydrogen-bond acceptors (Lipinski definition) is 5. The van der Waals surface area contributed by atoms with Crippen molar-refractivity contribution >= 4 is 23.4 Å². The van der Waals surface area contributed by atoms with Gasteiger partial charge in [0, 0.05) is 5.38 Å². The Morgan fingerprint density at radius 2 is 2.38 bits per heavy atom. The molecule has 1 amide bonds. The Hall–Kier alpha value is -1.50. The summed E-state index contributed by atoms with van der Waals surface area (Å²) in [7, 11) is 0. The summed E-state index contributed by atoms with van der Waals surface area (Å²) in [5.74, 6) is -1.51. The molecule has 0 saturated carbocycles. The SMILES string of the molecule is CCCC[C@H](NC(=O)c1csnn1)C(=O)O. The van der Waals surface area contributed by atoms with Gasteiger partial charge in [-0.2, -0.15) is 0 Å². The van der Waals surface area contributed by atoms with Gasteiger partial charge in [0.2, 0.25) is 0 Å². The molecule has 88 valence electrons. The zero-order chi connectivity index (χ0) is 12.0. The summed E-state index contributed by atoms with van der Waals surface area (Å²) in [6.07, 6.45) is 2.07. The number of carbonyl (C=O) groups is 2. The average molecular weight is 243 g/mol. The van der Waals surface area contributed by atoms with Gasteiger partial charge in [-0.25, -0.2) is 4.79 Å². The molecule has 0 aliphatic heterocycles. The van der Waals surface area contributed by atoms with Crippen molar-refractivity contribution in [2.75, 3.05) is 0 Å². The monoisotopic (exact) mass is 243 g/mol. The van der Waals surface area contributed by atoms with Crippen LogP contribution in [0.15, 0.2) is 5.38 Å². The molecule has 0 fully saturated rings. The maximum absolute atomic E-state index is 11.5. The smallest absolute Gasteiger partial charge is 0.326 e. The fourth-order valence-corrected chi connectivity index (χ4v) is 1.60. The van der Waals surface area contributed by atoms with Crippen LogP contribution in [0.1, 0.15) is 36.7 Å². The van der Waals surface area contributed by atoms with Crippen LogP contribution in [0.4, 0.5) is 0 Å². The third-order valence-corrected chi connectivity index (χ3v) is 2.55. The molecule has 1 aromatic rings. The second-order valence-corrected chi connectivity index (χ2v) is 3.91. The highest BCUT2D eigenvalue weighted by Gasteiger charge is 2.20. The third-order valence-electron chi connectivity index (χ3n) is 2.04.